The van der Waals surface area contributed by atoms with Gasteiger partial charge in [-0.3, -0.25) is 9.13 Å². The molecule has 1 aromatic carbocycles. The lowest BCUT2D eigenvalue weighted by molar-refractivity contribution is 0.141. The summed E-state index contributed by atoms with van der Waals surface area (Å²) in [6.07, 6.45) is 0. The Hall–Kier alpha value is -1.07. The van der Waals surface area contributed by atoms with Crippen LogP contribution in [0.25, 0.3) is 11.0 Å². The maximum Gasteiger partial charge on any atom is 0.328 e. The molecule has 0 aliphatic heterocycles. The first-order chi connectivity index (χ1) is 8.35. The van der Waals surface area contributed by atoms with Crippen LogP contribution in [0, 0.1) is 5.41 Å². The maximum atomic E-state index is 12.2. The smallest absolute Gasteiger partial charge is 0.328 e. The normalized spacial score (nSPS) is 12.3. The molecule has 98 valence electrons. The molecule has 0 atom stereocenters. The summed E-state index contributed by atoms with van der Waals surface area (Å²) in [5, 5.41) is 9.35. The number of aryl methyl sites for hydroxylation is 1. The van der Waals surface area contributed by atoms with Crippen molar-refractivity contribution in [1.29, 1.82) is 0 Å². The molecule has 0 saturated heterocycles. The van der Waals surface area contributed by atoms with Gasteiger partial charge in [0, 0.05) is 30.1 Å². The van der Waals surface area contributed by atoms with Crippen molar-refractivity contribution in [1.82, 2.24) is 9.13 Å². The van der Waals surface area contributed by atoms with E-state index in [1.807, 2.05) is 32.0 Å². The first-order valence-corrected chi connectivity index (χ1v) is 6.61. The van der Waals surface area contributed by atoms with Gasteiger partial charge in [0.25, 0.3) is 0 Å². The average molecular weight is 313 g/mol. The van der Waals surface area contributed by atoms with E-state index in [9.17, 15) is 9.90 Å². The summed E-state index contributed by atoms with van der Waals surface area (Å²) in [5.41, 5.74) is 1.42. The topological polar surface area (TPSA) is 47.2 Å². The van der Waals surface area contributed by atoms with Gasteiger partial charge in [0.1, 0.15) is 0 Å². The van der Waals surface area contributed by atoms with Crippen LogP contribution < -0.4 is 5.69 Å². The van der Waals surface area contributed by atoms with Gasteiger partial charge in [-0.15, -0.1) is 0 Å². The Morgan fingerprint density at radius 2 is 2.00 bits per heavy atom. The number of fused-ring (bicyclic) bond motifs is 1. The van der Waals surface area contributed by atoms with Gasteiger partial charge >= 0.3 is 5.69 Å². The van der Waals surface area contributed by atoms with Crippen molar-refractivity contribution in [2.75, 3.05) is 6.61 Å². The second-order valence-corrected chi connectivity index (χ2v) is 6.30. The minimum atomic E-state index is -0.319. The molecule has 0 aliphatic carbocycles. The van der Waals surface area contributed by atoms with E-state index in [4.69, 9.17) is 0 Å². The highest BCUT2D eigenvalue weighted by molar-refractivity contribution is 9.10. The molecule has 1 heterocycles. The van der Waals surface area contributed by atoms with Crippen LogP contribution in [0.1, 0.15) is 13.8 Å². The van der Waals surface area contributed by atoms with E-state index in [0.717, 1.165) is 15.5 Å². The number of hydrogen-bond donors (Lipinski definition) is 1. The van der Waals surface area contributed by atoms with Gasteiger partial charge in [-0.25, -0.2) is 4.79 Å². The molecule has 1 N–H and O–H groups in total. The molecule has 0 fully saturated rings. The average Bonchev–Trinajstić information content (AvgIpc) is 2.54. The largest absolute Gasteiger partial charge is 0.396 e. The predicted octanol–water partition coefficient (Wildman–Crippen LogP) is 2.12. The van der Waals surface area contributed by atoms with Gasteiger partial charge in [0.2, 0.25) is 0 Å². The van der Waals surface area contributed by atoms with E-state index >= 15 is 0 Å². The van der Waals surface area contributed by atoms with E-state index < -0.39 is 0 Å². The zero-order chi connectivity index (χ0) is 13.5. The van der Waals surface area contributed by atoms with Gasteiger partial charge in [-0.05, 0) is 18.2 Å². The zero-order valence-electron chi connectivity index (χ0n) is 10.8. The summed E-state index contributed by atoms with van der Waals surface area (Å²) >= 11 is 3.42. The van der Waals surface area contributed by atoms with Crippen LogP contribution in [0.2, 0.25) is 0 Å². The Labute approximate surface area is 114 Å². The summed E-state index contributed by atoms with van der Waals surface area (Å²) in [6.45, 7) is 4.42. The Morgan fingerprint density at radius 1 is 1.33 bits per heavy atom. The monoisotopic (exact) mass is 312 g/mol. The van der Waals surface area contributed by atoms with Gasteiger partial charge in [-0.2, -0.15) is 0 Å². The van der Waals surface area contributed by atoms with Crippen molar-refractivity contribution in [3.05, 3.63) is 33.2 Å². The number of aliphatic hydroxyl groups excluding tert-OH is 1. The molecule has 2 rings (SSSR count). The minimum absolute atomic E-state index is 0.0455. The van der Waals surface area contributed by atoms with E-state index in [2.05, 4.69) is 15.9 Å². The number of halogens is 1. The number of aliphatic hydroxyl groups is 1. The molecular weight excluding hydrogens is 296 g/mol. The number of aromatic nitrogens is 2. The van der Waals surface area contributed by atoms with Crippen molar-refractivity contribution in [3.8, 4) is 0 Å². The number of rotatable bonds is 3. The highest BCUT2D eigenvalue weighted by Gasteiger charge is 2.21. The zero-order valence-corrected chi connectivity index (χ0v) is 12.4. The van der Waals surface area contributed by atoms with E-state index in [0.29, 0.717) is 6.54 Å². The molecule has 0 spiro atoms. The number of nitrogens with zero attached hydrogens (tertiary/aromatic N) is 2. The van der Waals surface area contributed by atoms with Crippen LogP contribution in [0.15, 0.2) is 27.5 Å². The fourth-order valence-corrected chi connectivity index (χ4v) is 2.36. The maximum absolute atomic E-state index is 12.2. The van der Waals surface area contributed by atoms with Gasteiger partial charge < -0.3 is 5.11 Å². The Morgan fingerprint density at radius 3 is 2.61 bits per heavy atom. The highest BCUT2D eigenvalue weighted by atomic mass is 79.9. The van der Waals surface area contributed by atoms with Crippen molar-refractivity contribution >= 4 is 27.0 Å². The molecule has 0 amide bonds. The van der Waals surface area contributed by atoms with Gasteiger partial charge in [0.05, 0.1) is 11.0 Å². The summed E-state index contributed by atoms with van der Waals surface area (Å²) < 4.78 is 4.29. The van der Waals surface area contributed by atoms with Crippen molar-refractivity contribution in [3.63, 3.8) is 0 Å². The van der Waals surface area contributed by atoms with Gasteiger partial charge in [0.15, 0.2) is 0 Å². The summed E-state index contributed by atoms with van der Waals surface area (Å²) in [6, 6.07) is 5.77. The molecule has 0 saturated carbocycles. The third-order valence-electron chi connectivity index (χ3n) is 3.12. The Bertz CT molecular complexity index is 640. The SMILES string of the molecule is Cn1c(=O)n(CC(C)(C)CO)c2cc(Br)ccc21. The molecule has 2 aromatic rings. The second-order valence-electron chi connectivity index (χ2n) is 5.38. The molecule has 18 heavy (non-hydrogen) atoms. The molecule has 0 aliphatic rings. The first kappa shape index (κ1) is 13.4. The Balaban J connectivity index is 2.66. The molecular formula is C13H17BrN2O2. The Kier molecular flexibility index (Phi) is 3.38. The highest BCUT2D eigenvalue weighted by Crippen LogP contribution is 2.22. The van der Waals surface area contributed by atoms with Gasteiger partial charge in [-0.1, -0.05) is 29.8 Å². The van der Waals surface area contributed by atoms with Crippen LogP contribution in [-0.2, 0) is 13.6 Å². The number of hydrogen-bond acceptors (Lipinski definition) is 2. The fraction of sp³-hybridized carbons (Fsp3) is 0.462. The third kappa shape index (κ3) is 2.24. The minimum Gasteiger partial charge on any atom is -0.396 e. The van der Waals surface area contributed by atoms with Crippen LogP contribution in [0.3, 0.4) is 0 Å². The quantitative estimate of drug-likeness (QED) is 0.943. The lowest BCUT2D eigenvalue weighted by atomic mass is 9.95. The lowest BCUT2D eigenvalue weighted by Crippen LogP contribution is -2.31. The molecule has 0 bridgehead atoms. The van der Waals surface area contributed by atoms with E-state index in [1.54, 1.807) is 16.2 Å². The van der Waals surface area contributed by atoms with Crippen molar-refractivity contribution in [2.45, 2.75) is 20.4 Å². The second kappa shape index (κ2) is 4.55. The van der Waals surface area contributed by atoms with Crippen LogP contribution >= 0.6 is 15.9 Å². The summed E-state index contributed by atoms with van der Waals surface area (Å²) in [7, 11) is 1.76. The summed E-state index contributed by atoms with van der Waals surface area (Å²) in [5.74, 6) is 0. The molecule has 0 radical (unpaired) electrons. The van der Waals surface area contributed by atoms with E-state index in [-0.39, 0.29) is 17.7 Å². The van der Waals surface area contributed by atoms with Crippen LogP contribution in [0.4, 0.5) is 0 Å². The standard InChI is InChI=1S/C13H17BrN2O2/c1-13(2,8-17)7-16-11-6-9(14)4-5-10(11)15(3)12(16)18/h4-6,17H,7-8H2,1-3H3. The predicted molar refractivity (Wildman–Crippen MR) is 75.7 cm³/mol. The molecule has 5 heteroatoms. The van der Waals surface area contributed by atoms with Crippen LogP contribution in [-0.4, -0.2) is 20.8 Å². The lowest BCUT2D eigenvalue weighted by Gasteiger charge is -2.21. The van der Waals surface area contributed by atoms with Crippen LogP contribution in [0.5, 0.6) is 0 Å². The molecule has 0 unspecified atom stereocenters. The molecule has 4 nitrogen and oxygen atoms in total. The first-order valence-electron chi connectivity index (χ1n) is 5.81. The fourth-order valence-electron chi connectivity index (χ4n) is 2.01. The number of imidazole rings is 1. The van der Waals surface area contributed by atoms with Crippen molar-refractivity contribution < 1.29 is 5.11 Å². The third-order valence-corrected chi connectivity index (χ3v) is 3.61. The summed E-state index contributed by atoms with van der Waals surface area (Å²) in [4.78, 5) is 12.2. The number of benzene rings is 1. The van der Waals surface area contributed by atoms with E-state index in [1.165, 1.54) is 0 Å². The van der Waals surface area contributed by atoms with Crippen molar-refractivity contribution in [2.24, 2.45) is 12.5 Å². The molecule has 1 aromatic heterocycles.